The van der Waals surface area contributed by atoms with E-state index in [0.717, 1.165) is 44.6 Å². The number of nitrogens with one attached hydrogen (secondary N) is 1. The Kier molecular flexibility index (Phi) is 6.61. The molecular formula is C19H26ClF3N2O. The van der Waals surface area contributed by atoms with Crippen LogP contribution in [0.4, 0.5) is 13.2 Å². The Morgan fingerprint density at radius 2 is 1.96 bits per heavy atom. The molecule has 2 aliphatic carbocycles. The zero-order valence-electron chi connectivity index (χ0n) is 14.6. The fourth-order valence-corrected chi connectivity index (χ4v) is 4.09. The van der Waals surface area contributed by atoms with Crippen molar-refractivity contribution in [3.05, 3.63) is 35.4 Å². The number of carbonyl (C=O) groups excluding carboxylic acids is 1. The van der Waals surface area contributed by atoms with Crippen molar-refractivity contribution in [3.8, 4) is 0 Å². The molecule has 2 fully saturated rings. The molecule has 26 heavy (non-hydrogen) atoms. The van der Waals surface area contributed by atoms with Gasteiger partial charge in [-0.05, 0) is 43.2 Å². The van der Waals surface area contributed by atoms with Crippen LogP contribution in [0, 0.1) is 5.92 Å². The first kappa shape index (κ1) is 21.0. The van der Waals surface area contributed by atoms with Crippen LogP contribution >= 0.6 is 12.4 Å². The number of halogens is 4. The maximum Gasteiger partial charge on any atom is 0.416 e. The molecule has 0 saturated heterocycles. The van der Waals surface area contributed by atoms with Gasteiger partial charge < -0.3 is 11.1 Å². The van der Waals surface area contributed by atoms with E-state index in [2.05, 4.69) is 5.32 Å². The molecule has 3 rings (SSSR count). The molecule has 2 atom stereocenters. The van der Waals surface area contributed by atoms with Crippen molar-refractivity contribution in [1.82, 2.24) is 5.32 Å². The highest BCUT2D eigenvalue weighted by Crippen LogP contribution is 2.44. The van der Waals surface area contributed by atoms with Crippen molar-refractivity contribution >= 4 is 18.3 Å². The lowest BCUT2D eigenvalue weighted by atomic mass is 9.64. The molecule has 0 unspecified atom stereocenters. The van der Waals surface area contributed by atoms with Crippen molar-refractivity contribution in [1.29, 1.82) is 0 Å². The number of amides is 1. The normalized spacial score (nSPS) is 24.5. The Morgan fingerprint density at radius 3 is 2.50 bits per heavy atom. The number of carbonyl (C=O) groups is 1. The van der Waals surface area contributed by atoms with Gasteiger partial charge in [-0.3, -0.25) is 4.79 Å². The molecule has 3 N–H and O–H groups in total. The molecule has 146 valence electrons. The summed E-state index contributed by atoms with van der Waals surface area (Å²) >= 11 is 0. The molecule has 2 aliphatic rings. The van der Waals surface area contributed by atoms with Crippen LogP contribution in [-0.4, -0.2) is 18.5 Å². The molecule has 2 saturated carbocycles. The van der Waals surface area contributed by atoms with Crippen LogP contribution in [0.3, 0.4) is 0 Å². The summed E-state index contributed by atoms with van der Waals surface area (Å²) in [7, 11) is 0. The van der Waals surface area contributed by atoms with Gasteiger partial charge in [-0.25, -0.2) is 0 Å². The Hall–Kier alpha value is -1.27. The summed E-state index contributed by atoms with van der Waals surface area (Å²) in [5.74, 6) is 0.187. The van der Waals surface area contributed by atoms with E-state index < -0.39 is 11.7 Å². The van der Waals surface area contributed by atoms with Gasteiger partial charge in [0.2, 0.25) is 5.91 Å². The highest BCUT2D eigenvalue weighted by molar-refractivity contribution is 5.85. The molecule has 3 nitrogen and oxygen atoms in total. The van der Waals surface area contributed by atoms with E-state index in [9.17, 15) is 18.0 Å². The SMILES string of the molecule is Cl.N[C@@H]1CCC[C@H]1CC(=O)NCC1(c2cccc(C(F)(F)F)c2)CCC1. The second-order valence-electron chi connectivity index (χ2n) is 7.55. The van der Waals surface area contributed by atoms with E-state index >= 15 is 0 Å². The monoisotopic (exact) mass is 390 g/mol. The van der Waals surface area contributed by atoms with Crippen LogP contribution in [0.5, 0.6) is 0 Å². The minimum Gasteiger partial charge on any atom is -0.355 e. The number of nitrogens with two attached hydrogens (primary N) is 1. The third-order valence-corrected chi connectivity index (χ3v) is 5.90. The average Bonchev–Trinajstić information content (AvgIpc) is 2.91. The van der Waals surface area contributed by atoms with E-state index in [1.54, 1.807) is 6.07 Å². The molecule has 0 bridgehead atoms. The first-order chi connectivity index (χ1) is 11.8. The van der Waals surface area contributed by atoms with Crippen LogP contribution in [-0.2, 0) is 16.4 Å². The van der Waals surface area contributed by atoms with E-state index in [-0.39, 0.29) is 35.7 Å². The van der Waals surface area contributed by atoms with Crippen LogP contribution in [0.15, 0.2) is 24.3 Å². The van der Waals surface area contributed by atoms with Crippen molar-refractivity contribution in [2.75, 3.05) is 6.54 Å². The highest BCUT2D eigenvalue weighted by Gasteiger charge is 2.40. The summed E-state index contributed by atoms with van der Waals surface area (Å²) in [5, 5.41) is 2.95. The molecule has 0 aliphatic heterocycles. The summed E-state index contributed by atoms with van der Waals surface area (Å²) < 4.78 is 38.9. The zero-order chi connectivity index (χ0) is 18.1. The van der Waals surface area contributed by atoms with Crippen molar-refractivity contribution in [2.24, 2.45) is 11.7 Å². The second-order valence-corrected chi connectivity index (χ2v) is 7.55. The molecule has 0 spiro atoms. The summed E-state index contributed by atoms with van der Waals surface area (Å²) in [5.41, 5.74) is 5.69. The fourth-order valence-electron chi connectivity index (χ4n) is 4.09. The van der Waals surface area contributed by atoms with Gasteiger partial charge >= 0.3 is 6.18 Å². The summed E-state index contributed by atoms with van der Waals surface area (Å²) in [6, 6.07) is 5.62. The lowest BCUT2D eigenvalue weighted by molar-refractivity contribution is -0.137. The van der Waals surface area contributed by atoms with Crippen molar-refractivity contribution < 1.29 is 18.0 Å². The quantitative estimate of drug-likeness (QED) is 0.792. The van der Waals surface area contributed by atoms with Gasteiger partial charge in [-0.2, -0.15) is 13.2 Å². The minimum atomic E-state index is -4.34. The van der Waals surface area contributed by atoms with Crippen LogP contribution in [0.25, 0.3) is 0 Å². The lowest BCUT2D eigenvalue weighted by Crippen LogP contribution is -2.46. The Labute approximate surface area is 158 Å². The number of alkyl halides is 3. The third-order valence-electron chi connectivity index (χ3n) is 5.90. The van der Waals surface area contributed by atoms with Crippen LogP contribution in [0.1, 0.15) is 56.1 Å². The molecule has 7 heteroatoms. The Morgan fingerprint density at radius 1 is 1.23 bits per heavy atom. The van der Waals surface area contributed by atoms with Gasteiger partial charge in [0, 0.05) is 24.4 Å². The van der Waals surface area contributed by atoms with Crippen LogP contribution < -0.4 is 11.1 Å². The van der Waals surface area contributed by atoms with Crippen LogP contribution in [0.2, 0.25) is 0 Å². The zero-order valence-corrected chi connectivity index (χ0v) is 15.5. The molecule has 0 radical (unpaired) electrons. The number of hydrogen-bond donors (Lipinski definition) is 2. The van der Waals surface area contributed by atoms with Gasteiger partial charge in [0.1, 0.15) is 0 Å². The first-order valence-electron chi connectivity index (χ1n) is 9.00. The first-order valence-corrected chi connectivity index (χ1v) is 9.00. The maximum atomic E-state index is 13.0. The Balaban J connectivity index is 0.00000243. The number of benzene rings is 1. The minimum absolute atomic E-state index is 0. The molecule has 0 aromatic heterocycles. The highest BCUT2D eigenvalue weighted by atomic mass is 35.5. The third kappa shape index (κ3) is 4.52. The fraction of sp³-hybridized carbons (Fsp3) is 0.632. The van der Waals surface area contributed by atoms with Gasteiger partial charge in [0.05, 0.1) is 5.56 Å². The van der Waals surface area contributed by atoms with Gasteiger partial charge in [-0.15, -0.1) is 12.4 Å². The van der Waals surface area contributed by atoms with Crippen molar-refractivity contribution in [3.63, 3.8) is 0 Å². The standard InChI is InChI=1S/C19H25F3N2O.ClH/c20-19(21,22)15-6-2-5-14(11-15)18(8-3-9-18)12-24-17(25)10-13-4-1-7-16(13)23;/h2,5-6,11,13,16H,1,3-4,7-10,12,23H2,(H,24,25);1H/t13-,16+;/m0./s1. The predicted octanol–water partition coefficient (Wildman–Crippen LogP) is 4.18. The number of hydrogen-bond acceptors (Lipinski definition) is 2. The smallest absolute Gasteiger partial charge is 0.355 e. The summed E-state index contributed by atoms with van der Waals surface area (Å²) in [4.78, 5) is 12.2. The second kappa shape index (κ2) is 8.17. The van der Waals surface area contributed by atoms with Gasteiger partial charge in [0.15, 0.2) is 0 Å². The summed E-state index contributed by atoms with van der Waals surface area (Å²) in [6.45, 7) is 0.398. The van der Waals surface area contributed by atoms with E-state index in [1.807, 2.05) is 0 Å². The van der Waals surface area contributed by atoms with Crippen molar-refractivity contribution in [2.45, 2.75) is 62.6 Å². The maximum absolute atomic E-state index is 13.0. The number of rotatable bonds is 5. The Bertz CT molecular complexity index is 631. The molecule has 0 heterocycles. The molecule has 1 amide bonds. The van der Waals surface area contributed by atoms with Gasteiger partial charge in [-0.1, -0.05) is 31.0 Å². The predicted molar refractivity (Wildman–Crippen MR) is 97.2 cm³/mol. The molecule has 1 aromatic rings. The van der Waals surface area contributed by atoms with Gasteiger partial charge in [0.25, 0.3) is 0 Å². The average molecular weight is 391 g/mol. The van der Waals surface area contributed by atoms with E-state index in [0.29, 0.717) is 18.5 Å². The lowest BCUT2D eigenvalue weighted by Gasteiger charge is -2.43. The van der Waals surface area contributed by atoms with E-state index in [1.165, 1.54) is 12.1 Å². The molecular weight excluding hydrogens is 365 g/mol. The molecule has 1 aromatic carbocycles. The summed E-state index contributed by atoms with van der Waals surface area (Å²) in [6.07, 6.45) is 1.66. The van der Waals surface area contributed by atoms with E-state index in [4.69, 9.17) is 5.73 Å². The topological polar surface area (TPSA) is 55.1 Å². The largest absolute Gasteiger partial charge is 0.416 e.